The number of hydrogen-bond acceptors (Lipinski definition) is 4. The van der Waals surface area contributed by atoms with Gasteiger partial charge >= 0.3 is 0 Å². The molecule has 2 saturated heterocycles. The van der Waals surface area contributed by atoms with Crippen LogP contribution in [-0.4, -0.2) is 57.2 Å². The van der Waals surface area contributed by atoms with Crippen molar-refractivity contribution in [3.05, 3.63) is 0 Å². The molecule has 0 aromatic heterocycles. The Balaban J connectivity index is 1.30. The van der Waals surface area contributed by atoms with E-state index in [1.165, 1.54) is 32.2 Å². The first-order valence-electron chi connectivity index (χ1n) is 13.5. The second-order valence-electron chi connectivity index (χ2n) is 13.4. The van der Waals surface area contributed by atoms with E-state index in [0.29, 0.717) is 35.6 Å². The van der Waals surface area contributed by atoms with Crippen molar-refractivity contribution in [1.82, 2.24) is 4.90 Å². The van der Waals surface area contributed by atoms with Crippen LogP contribution in [0.3, 0.4) is 0 Å². The molecule has 4 nitrogen and oxygen atoms in total. The Morgan fingerprint density at radius 3 is 2.35 bits per heavy atom. The normalized spacial score (nSPS) is 61.5. The minimum Gasteiger partial charge on any atom is -0.393 e. The average molecular weight is 432 g/mol. The van der Waals surface area contributed by atoms with Crippen molar-refractivity contribution in [2.45, 2.75) is 102 Å². The van der Waals surface area contributed by atoms with Gasteiger partial charge < -0.3 is 15.3 Å². The van der Waals surface area contributed by atoms with Crippen LogP contribution in [0.2, 0.25) is 0 Å². The standard InChI is InChI=1S/C27H45NO3/c1-15-4-7-25-27(3,31)21-6-5-17-18(20(21)14-28(25)13-15)11-22-19(17)12-24(30)23-10-16(29)8-9-26(22,23)2/h15-25,29-31H,4-14H2,1-3H3/t15-,16+,17-,18+,19+,20-,21-,22+,23-,24-,25+,26-,27+/m1/s1. The molecule has 13 atom stereocenters. The van der Waals surface area contributed by atoms with Crippen molar-refractivity contribution in [2.24, 2.45) is 52.8 Å². The lowest BCUT2D eigenvalue weighted by Gasteiger charge is -2.60. The van der Waals surface area contributed by atoms with Crippen molar-refractivity contribution < 1.29 is 15.3 Å². The van der Waals surface area contributed by atoms with Gasteiger partial charge in [-0.2, -0.15) is 0 Å². The van der Waals surface area contributed by atoms with E-state index >= 15 is 0 Å². The molecule has 2 aliphatic heterocycles. The molecule has 31 heavy (non-hydrogen) atoms. The van der Waals surface area contributed by atoms with Gasteiger partial charge in [0.25, 0.3) is 0 Å². The maximum atomic E-state index is 11.8. The maximum absolute atomic E-state index is 11.8. The van der Waals surface area contributed by atoms with Crippen molar-refractivity contribution in [1.29, 1.82) is 0 Å². The Morgan fingerprint density at radius 2 is 1.55 bits per heavy atom. The van der Waals surface area contributed by atoms with Gasteiger partial charge in [-0.25, -0.2) is 0 Å². The summed E-state index contributed by atoms with van der Waals surface area (Å²) in [6.07, 6.45) is 9.43. The Bertz CT molecular complexity index is 711. The highest BCUT2D eigenvalue weighted by molar-refractivity contribution is 5.14. The number of aliphatic hydroxyl groups excluding tert-OH is 2. The molecule has 0 bridgehead atoms. The van der Waals surface area contributed by atoms with Crippen LogP contribution in [0.1, 0.15) is 78.6 Å². The quantitative estimate of drug-likeness (QED) is 0.547. The number of nitrogens with zero attached hydrogens (tertiary/aromatic N) is 1. The molecular formula is C27H45NO3. The zero-order valence-corrected chi connectivity index (χ0v) is 19.9. The van der Waals surface area contributed by atoms with Gasteiger partial charge in [-0.05, 0) is 117 Å². The Kier molecular flexibility index (Phi) is 4.94. The number of piperidine rings is 2. The van der Waals surface area contributed by atoms with Crippen molar-refractivity contribution in [3.63, 3.8) is 0 Å². The van der Waals surface area contributed by atoms with E-state index in [0.717, 1.165) is 50.5 Å². The second-order valence-corrected chi connectivity index (χ2v) is 13.4. The van der Waals surface area contributed by atoms with E-state index in [1.807, 2.05) is 0 Å². The minimum atomic E-state index is -0.553. The zero-order valence-electron chi connectivity index (χ0n) is 19.9. The molecule has 4 aliphatic carbocycles. The van der Waals surface area contributed by atoms with Gasteiger partial charge in [0.15, 0.2) is 0 Å². The van der Waals surface area contributed by atoms with E-state index in [9.17, 15) is 15.3 Å². The largest absolute Gasteiger partial charge is 0.393 e. The highest BCUT2D eigenvalue weighted by Crippen LogP contribution is 2.67. The van der Waals surface area contributed by atoms with Crippen LogP contribution < -0.4 is 0 Å². The van der Waals surface area contributed by atoms with Crippen molar-refractivity contribution in [2.75, 3.05) is 13.1 Å². The molecule has 6 fully saturated rings. The van der Waals surface area contributed by atoms with Crippen LogP contribution in [0.4, 0.5) is 0 Å². The van der Waals surface area contributed by atoms with E-state index in [2.05, 4.69) is 25.7 Å². The molecule has 0 aromatic carbocycles. The zero-order chi connectivity index (χ0) is 21.7. The number of aliphatic hydroxyl groups is 3. The predicted molar refractivity (Wildman–Crippen MR) is 121 cm³/mol. The van der Waals surface area contributed by atoms with Gasteiger partial charge in [0.05, 0.1) is 17.8 Å². The summed E-state index contributed by atoms with van der Waals surface area (Å²) in [5.41, 5.74) is -0.365. The highest BCUT2D eigenvalue weighted by Gasteiger charge is 2.64. The van der Waals surface area contributed by atoms with E-state index in [4.69, 9.17) is 0 Å². The average Bonchev–Trinajstić information content (AvgIpc) is 3.09. The first-order chi connectivity index (χ1) is 14.7. The van der Waals surface area contributed by atoms with Gasteiger partial charge in [-0.15, -0.1) is 0 Å². The second kappa shape index (κ2) is 7.17. The number of rotatable bonds is 0. The molecule has 0 unspecified atom stereocenters. The summed E-state index contributed by atoms with van der Waals surface area (Å²) in [5, 5.41) is 33.3. The van der Waals surface area contributed by atoms with Gasteiger partial charge in [-0.1, -0.05) is 13.8 Å². The molecule has 6 aliphatic rings. The summed E-state index contributed by atoms with van der Waals surface area (Å²) in [6, 6.07) is 0.355. The maximum Gasteiger partial charge on any atom is 0.0805 e. The topological polar surface area (TPSA) is 63.9 Å². The lowest BCUT2D eigenvalue weighted by Crippen LogP contribution is -2.67. The van der Waals surface area contributed by atoms with E-state index in [1.54, 1.807) is 0 Å². The molecule has 0 radical (unpaired) electrons. The van der Waals surface area contributed by atoms with Crippen LogP contribution in [-0.2, 0) is 0 Å². The highest BCUT2D eigenvalue weighted by atomic mass is 16.3. The fourth-order valence-corrected chi connectivity index (χ4v) is 10.6. The summed E-state index contributed by atoms with van der Waals surface area (Å²) in [6.45, 7) is 9.36. The first kappa shape index (κ1) is 21.4. The van der Waals surface area contributed by atoms with Crippen molar-refractivity contribution >= 4 is 0 Å². The van der Waals surface area contributed by atoms with E-state index < -0.39 is 5.60 Å². The van der Waals surface area contributed by atoms with Crippen LogP contribution in [0.25, 0.3) is 0 Å². The predicted octanol–water partition coefficient (Wildman–Crippen LogP) is 3.68. The van der Waals surface area contributed by atoms with E-state index in [-0.39, 0.29) is 23.5 Å². The monoisotopic (exact) mass is 431 g/mol. The molecule has 4 saturated carbocycles. The summed E-state index contributed by atoms with van der Waals surface area (Å²) < 4.78 is 0. The van der Waals surface area contributed by atoms with Crippen LogP contribution in [0.15, 0.2) is 0 Å². The lowest BCUT2D eigenvalue weighted by atomic mass is 9.51. The van der Waals surface area contributed by atoms with Gasteiger partial charge in [-0.3, -0.25) is 4.90 Å². The van der Waals surface area contributed by atoms with Gasteiger partial charge in [0, 0.05) is 19.1 Å². The fourth-order valence-electron chi connectivity index (χ4n) is 10.6. The van der Waals surface area contributed by atoms with Crippen LogP contribution in [0.5, 0.6) is 0 Å². The van der Waals surface area contributed by atoms with Crippen LogP contribution >= 0.6 is 0 Å². The SMILES string of the molecule is C[C@@H]1CC[C@@H]2N(C1)C[C@@H]1[C@H]3C[C@H]4[C@@H](C[C@@H](O)[C@H]5C[C@@H](O)CC[C@@]54C)[C@@H]3CC[C@H]1[C@]2(C)O. The third kappa shape index (κ3) is 3.00. The third-order valence-electron chi connectivity index (χ3n) is 12.0. The van der Waals surface area contributed by atoms with Gasteiger partial charge in [0.2, 0.25) is 0 Å². The summed E-state index contributed by atoms with van der Waals surface area (Å²) >= 11 is 0. The molecule has 6 rings (SSSR count). The lowest BCUT2D eigenvalue weighted by molar-refractivity contribution is -0.176. The van der Waals surface area contributed by atoms with Crippen molar-refractivity contribution in [3.8, 4) is 0 Å². The molecule has 0 aromatic rings. The summed E-state index contributed by atoms with van der Waals surface area (Å²) in [7, 11) is 0. The molecule has 176 valence electrons. The Hall–Kier alpha value is -0.160. The molecule has 0 spiro atoms. The molecule has 3 N–H and O–H groups in total. The summed E-state index contributed by atoms with van der Waals surface area (Å²) in [4.78, 5) is 2.68. The Labute approximate surface area is 188 Å². The third-order valence-corrected chi connectivity index (χ3v) is 12.0. The fraction of sp³-hybridized carbons (Fsp3) is 1.00. The Morgan fingerprint density at radius 1 is 0.742 bits per heavy atom. The molecule has 2 heterocycles. The number of hydrogen-bond donors (Lipinski definition) is 3. The molecular weight excluding hydrogens is 386 g/mol. The van der Waals surface area contributed by atoms with Crippen LogP contribution in [0, 0.1) is 52.8 Å². The smallest absolute Gasteiger partial charge is 0.0805 e. The minimum absolute atomic E-state index is 0.188. The number of fused-ring (bicyclic) bond motifs is 8. The molecule has 4 heteroatoms. The summed E-state index contributed by atoms with van der Waals surface area (Å²) in [5.74, 6) is 4.89. The van der Waals surface area contributed by atoms with Gasteiger partial charge in [0.1, 0.15) is 0 Å². The molecule has 0 amide bonds. The first-order valence-corrected chi connectivity index (χ1v) is 13.5.